The third kappa shape index (κ3) is 3.66. The molecular formula is C8H13NO3Si. The highest BCUT2D eigenvalue weighted by Gasteiger charge is 2.29. The summed E-state index contributed by atoms with van der Waals surface area (Å²) in [5.74, 6) is 0. The monoisotopic (exact) mass is 199 g/mol. The molecule has 0 spiro atoms. The molecule has 13 heavy (non-hydrogen) atoms. The fourth-order valence-electron chi connectivity index (χ4n) is 1.12. The van der Waals surface area contributed by atoms with Gasteiger partial charge in [-0.25, -0.2) is 0 Å². The third-order valence-corrected chi connectivity index (χ3v) is 2.53. The number of benzene rings is 1. The van der Waals surface area contributed by atoms with Crippen LogP contribution in [-0.2, 0) is 0 Å². The van der Waals surface area contributed by atoms with Gasteiger partial charge in [0.1, 0.15) is 0 Å². The molecule has 1 rings (SSSR count). The SMILES string of the molecule is CC(N[Si](O)(O)O)c1ccccc1. The van der Waals surface area contributed by atoms with E-state index in [0.717, 1.165) is 5.56 Å². The average molecular weight is 199 g/mol. The van der Waals surface area contributed by atoms with Crippen LogP contribution in [0.2, 0.25) is 0 Å². The summed E-state index contributed by atoms with van der Waals surface area (Å²) in [6.45, 7) is 1.75. The Bertz CT molecular complexity index is 260. The van der Waals surface area contributed by atoms with Gasteiger partial charge in [0.05, 0.1) is 0 Å². The molecule has 0 saturated heterocycles. The zero-order chi connectivity index (χ0) is 9.90. The van der Waals surface area contributed by atoms with Gasteiger partial charge in [0.2, 0.25) is 0 Å². The first-order valence-electron chi connectivity index (χ1n) is 3.99. The quantitative estimate of drug-likeness (QED) is 0.507. The number of rotatable bonds is 3. The normalized spacial score (nSPS) is 14.2. The molecule has 1 aromatic carbocycles. The molecule has 4 nitrogen and oxygen atoms in total. The molecule has 1 aromatic rings. The van der Waals surface area contributed by atoms with Gasteiger partial charge in [-0.2, -0.15) is 0 Å². The maximum Gasteiger partial charge on any atom is 0.589 e. The first-order chi connectivity index (χ1) is 5.99. The van der Waals surface area contributed by atoms with E-state index in [-0.39, 0.29) is 6.04 Å². The van der Waals surface area contributed by atoms with E-state index in [9.17, 15) is 0 Å². The highest BCUT2D eigenvalue weighted by molar-refractivity contribution is 6.53. The molecule has 72 valence electrons. The van der Waals surface area contributed by atoms with Gasteiger partial charge in [0.25, 0.3) is 0 Å². The second-order valence-electron chi connectivity index (χ2n) is 2.91. The van der Waals surface area contributed by atoms with E-state index in [1.807, 2.05) is 30.3 Å². The van der Waals surface area contributed by atoms with E-state index in [2.05, 4.69) is 4.98 Å². The van der Waals surface area contributed by atoms with Gasteiger partial charge in [0, 0.05) is 6.04 Å². The topological polar surface area (TPSA) is 72.7 Å². The van der Waals surface area contributed by atoms with Crippen LogP contribution in [0.25, 0.3) is 0 Å². The molecule has 0 aromatic heterocycles. The molecule has 1 atom stereocenters. The minimum Gasteiger partial charge on any atom is -0.377 e. The Hall–Kier alpha value is -0.723. The predicted octanol–water partition coefficient (Wildman–Crippen LogP) is -0.250. The van der Waals surface area contributed by atoms with E-state index in [4.69, 9.17) is 14.4 Å². The highest BCUT2D eigenvalue weighted by atomic mass is 28.4. The second-order valence-corrected chi connectivity index (χ2v) is 4.47. The van der Waals surface area contributed by atoms with E-state index in [1.165, 1.54) is 0 Å². The highest BCUT2D eigenvalue weighted by Crippen LogP contribution is 2.11. The molecule has 1 unspecified atom stereocenters. The second kappa shape index (κ2) is 3.99. The first kappa shape index (κ1) is 10.4. The van der Waals surface area contributed by atoms with Crippen LogP contribution in [0.3, 0.4) is 0 Å². The zero-order valence-corrected chi connectivity index (χ0v) is 8.31. The Morgan fingerprint density at radius 3 is 2.15 bits per heavy atom. The summed E-state index contributed by atoms with van der Waals surface area (Å²) < 4.78 is 0. The van der Waals surface area contributed by atoms with Gasteiger partial charge in [-0.05, 0) is 12.5 Å². The molecule has 4 N–H and O–H groups in total. The van der Waals surface area contributed by atoms with Crippen molar-refractivity contribution in [2.45, 2.75) is 13.0 Å². The summed E-state index contributed by atoms with van der Waals surface area (Å²) in [7, 11) is -4.15. The van der Waals surface area contributed by atoms with Gasteiger partial charge in [-0.3, -0.25) is 4.98 Å². The molecule has 0 heterocycles. The molecule has 0 aliphatic heterocycles. The smallest absolute Gasteiger partial charge is 0.377 e. The lowest BCUT2D eigenvalue weighted by atomic mass is 10.1. The fourth-order valence-corrected chi connectivity index (χ4v) is 1.86. The molecule has 0 saturated carbocycles. The molecular weight excluding hydrogens is 186 g/mol. The van der Waals surface area contributed by atoms with Crippen LogP contribution in [0.4, 0.5) is 0 Å². The van der Waals surface area contributed by atoms with E-state index in [0.29, 0.717) is 0 Å². The van der Waals surface area contributed by atoms with Crippen molar-refractivity contribution in [1.82, 2.24) is 4.98 Å². The lowest BCUT2D eigenvalue weighted by Crippen LogP contribution is -2.52. The molecule has 0 radical (unpaired) electrons. The van der Waals surface area contributed by atoms with Crippen molar-refractivity contribution in [2.75, 3.05) is 0 Å². The fraction of sp³-hybridized carbons (Fsp3) is 0.250. The predicted molar refractivity (Wildman–Crippen MR) is 50.4 cm³/mol. The Morgan fingerprint density at radius 1 is 1.15 bits per heavy atom. The van der Waals surface area contributed by atoms with Gasteiger partial charge in [-0.15, -0.1) is 0 Å². The van der Waals surface area contributed by atoms with Crippen molar-refractivity contribution in [3.63, 3.8) is 0 Å². The average Bonchev–Trinajstić information content (AvgIpc) is 2.03. The van der Waals surface area contributed by atoms with Gasteiger partial charge in [-0.1, -0.05) is 30.3 Å². The largest absolute Gasteiger partial charge is 0.589 e. The van der Waals surface area contributed by atoms with Crippen LogP contribution < -0.4 is 4.98 Å². The van der Waals surface area contributed by atoms with Crippen LogP contribution in [0.1, 0.15) is 18.5 Å². The van der Waals surface area contributed by atoms with Crippen molar-refractivity contribution in [1.29, 1.82) is 0 Å². The summed E-state index contributed by atoms with van der Waals surface area (Å²) in [5, 5.41) is 0. The van der Waals surface area contributed by atoms with Crippen molar-refractivity contribution >= 4 is 8.97 Å². The molecule has 0 aliphatic rings. The Labute approximate surface area is 77.9 Å². The molecule has 0 amide bonds. The van der Waals surface area contributed by atoms with Gasteiger partial charge < -0.3 is 14.4 Å². The van der Waals surface area contributed by atoms with Crippen LogP contribution in [0.15, 0.2) is 30.3 Å². The zero-order valence-electron chi connectivity index (χ0n) is 7.31. The van der Waals surface area contributed by atoms with Crippen LogP contribution in [0, 0.1) is 0 Å². The summed E-state index contributed by atoms with van der Waals surface area (Å²) in [5.41, 5.74) is 0.900. The molecule has 5 heteroatoms. The lowest BCUT2D eigenvalue weighted by Gasteiger charge is -2.18. The first-order valence-corrected chi connectivity index (χ1v) is 5.83. The maximum absolute atomic E-state index is 8.79. The van der Waals surface area contributed by atoms with E-state index >= 15 is 0 Å². The summed E-state index contributed by atoms with van der Waals surface area (Å²) >= 11 is 0. The van der Waals surface area contributed by atoms with Gasteiger partial charge in [0.15, 0.2) is 0 Å². The van der Waals surface area contributed by atoms with Crippen LogP contribution in [-0.4, -0.2) is 23.4 Å². The summed E-state index contributed by atoms with van der Waals surface area (Å²) in [6.07, 6.45) is 0. The number of nitrogens with one attached hydrogen (secondary N) is 1. The minimum absolute atomic E-state index is 0.270. The molecule has 0 bridgehead atoms. The Kier molecular flexibility index (Phi) is 3.18. The number of hydrogen-bond acceptors (Lipinski definition) is 4. The minimum atomic E-state index is -4.15. The molecule has 0 fully saturated rings. The van der Waals surface area contributed by atoms with E-state index < -0.39 is 8.97 Å². The Balaban J connectivity index is 2.64. The third-order valence-electron chi connectivity index (χ3n) is 1.71. The van der Waals surface area contributed by atoms with Crippen molar-refractivity contribution in [3.8, 4) is 0 Å². The van der Waals surface area contributed by atoms with Gasteiger partial charge >= 0.3 is 8.97 Å². The van der Waals surface area contributed by atoms with Crippen LogP contribution in [0.5, 0.6) is 0 Å². The van der Waals surface area contributed by atoms with Crippen LogP contribution >= 0.6 is 0 Å². The lowest BCUT2D eigenvalue weighted by molar-refractivity contribution is 0.203. The maximum atomic E-state index is 8.79. The summed E-state index contributed by atoms with van der Waals surface area (Å²) in [6, 6.07) is 8.99. The van der Waals surface area contributed by atoms with Crippen molar-refractivity contribution in [2.24, 2.45) is 0 Å². The van der Waals surface area contributed by atoms with Crippen molar-refractivity contribution < 1.29 is 14.4 Å². The Morgan fingerprint density at radius 2 is 1.69 bits per heavy atom. The van der Waals surface area contributed by atoms with Crippen molar-refractivity contribution in [3.05, 3.63) is 35.9 Å². The standard InChI is InChI=1S/C8H13NO3Si/c1-7(9-13(10,11)12)8-5-3-2-4-6-8/h2-7,9-12H,1H3. The van der Waals surface area contributed by atoms with E-state index in [1.54, 1.807) is 6.92 Å². The number of hydrogen-bond donors (Lipinski definition) is 4. The molecule has 0 aliphatic carbocycles. The summed E-state index contributed by atoms with van der Waals surface area (Å²) in [4.78, 5) is 28.7.